The largest absolute Gasteiger partial charge is 0.481 e. The zero-order valence-electron chi connectivity index (χ0n) is 21.3. The molecule has 5 aromatic rings. The minimum Gasteiger partial charge on any atom is -0.481 e. The minimum atomic E-state index is -1.08. The van der Waals surface area contributed by atoms with Crippen LogP contribution < -0.4 is 5.32 Å². The van der Waals surface area contributed by atoms with E-state index in [1.807, 2.05) is 56.3 Å². The molecule has 3 heterocycles. The molecule has 11 heteroatoms. The Morgan fingerprint density at radius 3 is 2.45 bits per heavy atom. The second kappa shape index (κ2) is 10.3. The Labute approximate surface area is 246 Å². The summed E-state index contributed by atoms with van der Waals surface area (Å²) in [5, 5.41) is 12.7. The quantitative estimate of drug-likeness (QED) is 0.191. The molecule has 1 atom stereocenters. The second-order valence-electron chi connectivity index (χ2n) is 9.70. The first-order valence-corrected chi connectivity index (χ1v) is 15.2. The van der Waals surface area contributed by atoms with Gasteiger partial charge in [0.15, 0.2) is 0 Å². The van der Waals surface area contributed by atoms with Gasteiger partial charge < -0.3 is 9.84 Å². The third-order valence-electron chi connectivity index (χ3n) is 7.07. The van der Waals surface area contributed by atoms with Gasteiger partial charge in [-0.1, -0.05) is 41.9 Å². The minimum absolute atomic E-state index is 0.262. The molecule has 0 radical (unpaired) electrons. The van der Waals surface area contributed by atoms with Gasteiger partial charge in [-0.15, -0.1) is 22.7 Å². The zero-order valence-corrected chi connectivity index (χ0v) is 24.5. The number of hydrogen-bond acceptors (Lipinski definition) is 7. The topological polar surface area (TPSA) is 88.5 Å². The van der Waals surface area contributed by atoms with E-state index in [1.54, 1.807) is 0 Å². The van der Waals surface area contributed by atoms with E-state index in [-0.39, 0.29) is 5.02 Å². The highest BCUT2D eigenvalue weighted by Crippen LogP contribution is 2.52. The van der Waals surface area contributed by atoms with Crippen LogP contribution in [0.25, 0.3) is 29.6 Å². The fourth-order valence-corrected chi connectivity index (χ4v) is 8.38. The number of amides is 1. The molecule has 0 unspecified atom stereocenters. The van der Waals surface area contributed by atoms with E-state index in [0.29, 0.717) is 40.2 Å². The van der Waals surface area contributed by atoms with Crippen molar-refractivity contribution < 1.29 is 23.8 Å². The summed E-state index contributed by atoms with van der Waals surface area (Å²) in [5.74, 6) is -1.47. The highest BCUT2D eigenvalue weighted by molar-refractivity contribution is 7.32. The maximum absolute atomic E-state index is 15.2. The molecule has 1 aliphatic carbocycles. The van der Waals surface area contributed by atoms with E-state index < -0.39 is 29.4 Å². The molecule has 40 heavy (non-hydrogen) atoms. The average molecular weight is 613 g/mol. The van der Waals surface area contributed by atoms with E-state index in [4.69, 9.17) is 16.3 Å². The van der Waals surface area contributed by atoms with Crippen LogP contribution in [0, 0.1) is 12.7 Å². The summed E-state index contributed by atoms with van der Waals surface area (Å²) in [6.45, 7) is 3.65. The molecule has 0 bridgehead atoms. The van der Waals surface area contributed by atoms with Gasteiger partial charge in [-0.3, -0.25) is 10.1 Å². The fraction of sp³-hybridized carbons (Fsp3) is 0.207. The molecule has 0 spiro atoms. The van der Waals surface area contributed by atoms with Crippen LogP contribution >= 0.6 is 45.8 Å². The molecule has 204 valence electrons. The molecule has 0 saturated heterocycles. The number of thiophene rings is 2. The van der Waals surface area contributed by atoms with E-state index in [9.17, 15) is 14.7 Å². The highest BCUT2D eigenvalue weighted by Gasteiger charge is 2.53. The third-order valence-corrected chi connectivity index (χ3v) is 10.8. The second-order valence-corrected chi connectivity index (χ2v) is 13.1. The normalized spacial score (nSPS) is 14.7. The predicted octanol–water partition coefficient (Wildman–Crippen LogP) is 9.28. The number of benzene rings is 2. The Morgan fingerprint density at radius 2 is 1.77 bits per heavy atom. The molecule has 6 rings (SSSR count). The number of halogens is 2. The number of carbonyl (C=O) groups is 2. The summed E-state index contributed by atoms with van der Waals surface area (Å²) in [6.07, 6.45) is -0.0661. The van der Waals surface area contributed by atoms with Crippen LogP contribution in [0.2, 0.25) is 5.02 Å². The predicted molar refractivity (Wildman–Crippen MR) is 159 cm³/mol. The number of aromatic nitrogens is 1. The highest BCUT2D eigenvalue weighted by atomic mass is 35.5. The number of carbonyl (C=O) groups excluding carboxylic acids is 1. The van der Waals surface area contributed by atoms with Crippen LogP contribution in [0.1, 0.15) is 42.7 Å². The standard InChI is InChI=1S/C29H22ClFN2O4S3/c1-14-25(32-28(36)37-15(2)16-6-4-3-5-7-16)26(40-33-14)24-13-23-22(39-24)12-21(38-23)17-10-19(30)18(11-20(17)31)29(8-9-29)27(34)35/h3-7,10-13,15H,8-9H2,1-2H3,(H,32,36)(H,34,35)/t15-/m1/s1. The average Bonchev–Trinajstić information content (AvgIpc) is 3.34. The number of anilines is 1. The van der Waals surface area contributed by atoms with Crippen molar-refractivity contribution in [1.82, 2.24) is 4.37 Å². The molecule has 2 N–H and O–H groups in total. The Bertz CT molecular complexity index is 1740. The van der Waals surface area contributed by atoms with E-state index in [2.05, 4.69) is 9.69 Å². The van der Waals surface area contributed by atoms with Gasteiger partial charge >= 0.3 is 12.1 Å². The third kappa shape index (κ3) is 4.79. The first-order valence-electron chi connectivity index (χ1n) is 12.4. The van der Waals surface area contributed by atoms with Crippen LogP contribution in [-0.4, -0.2) is 21.5 Å². The number of rotatable bonds is 7. The smallest absolute Gasteiger partial charge is 0.412 e. The van der Waals surface area contributed by atoms with Crippen molar-refractivity contribution >= 4 is 73.0 Å². The first-order chi connectivity index (χ1) is 19.2. The number of ether oxygens (including phenoxy) is 1. The van der Waals surface area contributed by atoms with Crippen molar-refractivity contribution in [2.45, 2.75) is 38.2 Å². The summed E-state index contributed by atoms with van der Waals surface area (Å²) < 4.78 is 27.1. The Balaban J connectivity index is 1.24. The van der Waals surface area contributed by atoms with Crippen LogP contribution in [0.5, 0.6) is 0 Å². The molecule has 3 aromatic heterocycles. The first kappa shape index (κ1) is 26.9. The van der Waals surface area contributed by atoms with Crippen molar-refractivity contribution in [3.05, 3.63) is 82.3 Å². The summed E-state index contributed by atoms with van der Waals surface area (Å²) in [5.41, 5.74) is 1.79. The number of aryl methyl sites for hydroxylation is 1. The number of carboxylic acids is 1. The summed E-state index contributed by atoms with van der Waals surface area (Å²) in [7, 11) is 0. The van der Waals surface area contributed by atoms with Gasteiger partial charge in [0, 0.05) is 24.9 Å². The molecule has 1 amide bonds. The fourth-order valence-electron chi connectivity index (χ4n) is 4.68. The van der Waals surface area contributed by atoms with E-state index in [0.717, 1.165) is 24.7 Å². The molecule has 1 fully saturated rings. The maximum Gasteiger partial charge on any atom is 0.412 e. The van der Waals surface area contributed by atoms with Crippen molar-refractivity contribution in [3.63, 3.8) is 0 Å². The van der Waals surface area contributed by atoms with E-state index in [1.165, 1.54) is 46.3 Å². The van der Waals surface area contributed by atoms with Crippen LogP contribution in [0.4, 0.5) is 14.9 Å². The van der Waals surface area contributed by atoms with Gasteiger partial charge in [-0.25, -0.2) is 9.18 Å². The van der Waals surface area contributed by atoms with Crippen molar-refractivity contribution in [2.24, 2.45) is 0 Å². The van der Waals surface area contributed by atoms with E-state index >= 15 is 4.39 Å². The summed E-state index contributed by atoms with van der Waals surface area (Å²) in [4.78, 5) is 26.9. The Hall–Kier alpha value is -3.31. The van der Waals surface area contributed by atoms with Crippen molar-refractivity contribution in [3.8, 4) is 20.2 Å². The number of nitrogens with zero attached hydrogens (tertiary/aromatic N) is 1. The van der Waals surface area contributed by atoms with Gasteiger partial charge in [0.2, 0.25) is 0 Å². The van der Waals surface area contributed by atoms with Gasteiger partial charge in [-0.2, -0.15) is 4.37 Å². The van der Waals surface area contributed by atoms with Gasteiger partial charge in [0.25, 0.3) is 0 Å². The van der Waals surface area contributed by atoms with Crippen molar-refractivity contribution in [1.29, 1.82) is 0 Å². The molecular weight excluding hydrogens is 591 g/mol. The SMILES string of the molecule is Cc1nsc(-c2cc3sc(-c4cc(Cl)c(C5(C(=O)O)CC5)cc4F)cc3s2)c1NC(=O)O[C@H](C)c1ccccc1. The number of hydrogen-bond donors (Lipinski definition) is 2. The molecule has 6 nitrogen and oxygen atoms in total. The monoisotopic (exact) mass is 612 g/mol. The molecule has 0 aliphatic heterocycles. The number of nitrogens with one attached hydrogen (secondary N) is 1. The summed E-state index contributed by atoms with van der Waals surface area (Å²) in [6, 6.07) is 16.2. The maximum atomic E-state index is 15.2. The number of carboxylic acid groups (broad SMARTS) is 1. The van der Waals surface area contributed by atoms with Crippen LogP contribution in [0.15, 0.2) is 54.6 Å². The number of aliphatic carboxylic acids is 1. The van der Waals surface area contributed by atoms with Crippen LogP contribution in [-0.2, 0) is 14.9 Å². The molecular formula is C29H22ClFN2O4S3. The molecule has 1 saturated carbocycles. The summed E-state index contributed by atoms with van der Waals surface area (Å²) >= 11 is 10.7. The lowest BCUT2D eigenvalue weighted by Gasteiger charge is -2.14. The zero-order chi connectivity index (χ0) is 28.2. The Morgan fingerprint density at radius 1 is 1.10 bits per heavy atom. The number of fused-ring (bicyclic) bond motifs is 1. The van der Waals surface area contributed by atoms with Crippen LogP contribution in [0.3, 0.4) is 0 Å². The molecule has 1 aliphatic rings. The molecule has 2 aromatic carbocycles. The lowest BCUT2D eigenvalue weighted by molar-refractivity contribution is -0.140. The lowest BCUT2D eigenvalue weighted by Crippen LogP contribution is -2.20. The van der Waals surface area contributed by atoms with Gasteiger partial charge in [0.05, 0.1) is 26.6 Å². The Kier molecular flexibility index (Phi) is 6.90. The van der Waals surface area contributed by atoms with Crippen molar-refractivity contribution in [2.75, 3.05) is 5.32 Å². The van der Waals surface area contributed by atoms with Gasteiger partial charge in [-0.05, 0) is 73.6 Å². The lowest BCUT2D eigenvalue weighted by atomic mass is 9.94. The van der Waals surface area contributed by atoms with Gasteiger partial charge in [0.1, 0.15) is 11.9 Å².